The highest BCUT2D eigenvalue weighted by Crippen LogP contribution is 2.27. The quantitative estimate of drug-likeness (QED) is 0.624. The third-order valence-electron chi connectivity index (χ3n) is 3.88. The molecule has 3 rings (SSSR count). The van der Waals surface area contributed by atoms with Crippen molar-refractivity contribution in [1.29, 1.82) is 0 Å². The van der Waals surface area contributed by atoms with E-state index in [9.17, 15) is 9.59 Å². The molecule has 0 bridgehead atoms. The number of rotatable bonds is 5. The zero-order chi connectivity index (χ0) is 19.6. The smallest absolute Gasteiger partial charge is 0.348 e. The summed E-state index contributed by atoms with van der Waals surface area (Å²) in [5.74, 6) is -0.663. The van der Waals surface area contributed by atoms with Crippen LogP contribution in [0.5, 0.6) is 0 Å². The Hall–Kier alpha value is -2.64. The monoisotopic (exact) mass is 403 g/mol. The number of aromatic nitrogens is 2. The second-order valence-corrected chi connectivity index (χ2v) is 7.62. The third kappa shape index (κ3) is 4.04. The molecule has 8 heteroatoms. The van der Waals surface area contributed by atoms with Crippen LogP contribution in [-0.4, -0.2) is 28.8 Å². The predicted molar refractivity (Wildman–Crippen MR) is 106 cm³/mol. The van der Waals surface area contributed by atoms with Gasteiger partial charge in [0, 0.05) is 5.02 Å². The molecule has 1 N–H and O–H groups in total. The maximum absolute atomic E-state index is 12.8. The van der Waals surface area contributed by atoms with E-state index in [0.717, 1.165) is 22.7 Å². The Morgan fingerprint density at radius 3 is 2.70 bits per heavy atom. The molecule has 0 spiro atoms. The molecule has 0 fully saturated rings. The lowest BCUT2D eigenvalue weighted by atomic mass is 10.1. The van der Waals surface area contributed by atoms with Crippen LogP contribution in [0.2, 0.25) is 5.02 Å². The first-order valence-corrected chi connectivity index (χ1v) is 9.43. The van der Waals surface area contributed by atoms with Crippen molar-refractivity contribution in [1.82, 2.24) is 9.78 Å². The van der Waals surface area contributed by atoms with Gasteiger partial charge in [0.2, 0.25) is 0 Å². The molecule has 2 aromatic heterocycles. The molecule has 0 aliphatic heterocycles. The van der Waals surface area contributed by atoms with Crippen molar-refractivity contribution in [3.63, 3.8) is 0 Å². The Bertz CT molecular complexity index is 994. The van der Waals surface area contributed by atoms with Crippen LogP contribution in [0.1, 0.15) is 45.5 Å². The van der Waals surface area contributed by atoms with Crippen LogP contribution in [-0.2, 0) is 4.74 Å². The lowest BCUT2D eigenvalue weighted by Crippen LogP contribution is -2.14. The Morgan fingerprint density at radius 2 is 2.04 bits per heavy atom. The first-order valence-electron chi connectivity index (χ1n) is 8.24. The fourth-order valence-corrected chi connectivity index (χ4v) is 3.70. The minimum atomic E-state index is -0.433. The van der Waals surface area contributed by atoms with Crippen LogP contribution in [0.3, 0.4) is 0 Å². The number of thiophene rings is 1. The number of methoxy groups -OCH3 is 1. The van der Waals surface area contributed by atoms with Gasteiger partial charge in [0.15, 0.2) is 0 Å². The van der Waals surface area contributed by atoms with Gasteiger partial charge < -0.3 is 10.1 Å². The van der Waals surface area contributed by atoms with Gasteiger partial charge in [-0.1, -0.05) is 31.5 Å². The van der Waals surface area contributed by atoms with Crippen LogP contribution < -0.4 is 5.32 Å². The van der Waals surface area contributed by atoms with E-state index in [0.29, 0.717) is 20.5 Å². The summed E-state index contributed by atoms with van der Waals surface area (Å²) in [6, 6.07) is 10.6. The molecular weight excluding hydrogens is 386 g/mol. The van der Waals surface area contributed by atoms with Gasteiger partial charge in [0.25, 0.3) is 5.91 Å². The molecule has 27 heavy (non-hydrogen) atoms. The lowest BCUT2D eigenvalue weighted by Gasteiger charge is -2.13. The Kier molecular flexibility index (Phi) is 5.62. The number of amides is 1. The number of anilines is 1. The molecule has 0 aliphatic carbocycles. The highest BCUT2D eigenvalue weighted by Gasteiger charge is 2.22. The first-order chi connectivity index (χ1) is 12.9. The minimum absolute atomic E-state index is 0.0567. The van der Waals surface area contributed by atoms with E-state index in [1.54, 1.807) is 35.1 Å². The number of halogens is 1. The second kappa shape index (κ2) is 7.94. The van der Waals surface area contributed by atoms with Crippen LogP contribution in [0, 0.1) is 0 Å². The topological polar surface area (TPSA) is 73.2 Å². The summed E-state index contributed by atoms with van der Waals surface area (Å²) in [4.78, 5) is 24.8. The Morgan fingerprint density at radius 1 is 1.26 bits per heavy atom. The molecule has 0 unspecified atom stereocenters. The highest BCUT2D eigenvalue weighted by molar-refractivity contribution is 7.18. The third-order valence-corrected chi connectivity index (χ3v) is 5.10. The number of hydrogen-bond donors (Lipinski definition) is 1. The number of hydrogen-bond acceptors (Lipinski definition) is 5. The molecular formula is C19H18ClN3O3S. The summed E-state index contributed by atoms with van der Waals surface area (Å²) in [5, 5.41) is 8.36. The summed E-state index contributed by atoms with van der Waals surface area (Å²) < 4.78 is 6.41. The van der Waals surface area contributed by atoms with Crippen LogP contribution in [0.25, 0.3) is 5.69 Å². The number of esters is 1. The summed E-state index contributed by atoms with van der Waals surface area (Å²) >= 11 is 7.24. The van der Waals surface area contributed by atoms with Crippen molar-refractivity contribution in [3.8, 4) is 5.69 Å². The fraction of sp³-hybridized carbons (Fsp3) is 0.211. The molecule has 0 aliphatic rings. The molecule has 0 radical (unpaired) electrons. The van der Waals surface area contributed by atoms with Gasteiger partial charge in [-0.25, -0.2) is 9.48 Å². The summed E-state index contributed by atoms with van der Waals surface area (Å²) in [6.07, 6.45) is 1.54. The first kappa shape index (κ1) is 19.1. The molecule has 3 aromatic rings. The largest absolute Gasteiger partial charge is 0.465 e. The van der Waals surface area contributed by atoms with Gasteiger partial charge in [-0.15, -0.1) is 11.3 Å². The highest BCUT2D eigenvalue weighted by atomic mass is 35.5. The molecule has 6 nitrogen and oxygen atoms in total. The number of nitrogens with one attached hydrogen (secondary N) is 1. The van der Waals surface area contributed by atoms with Gasteiger partial charge >= 0.3 is 5.97 Å². The van der Waals surface area contributed by atoms with E-state index in [4.69, 9.17) is 11.6 Å². The van der Waals surface area contributed by atoms with Crippen molar-refractivity contribution in [2.45, 2.75) is 19.8 Å². The van der Waals surface area contributed by atoms with Crippen LogP contribution in [0.15, 0.2) is 42.6 Å². The molecule has 2 heterocycles. The lowest BCUT2D eigenvalue weighted by molar-refractivity contribution is 0.0606. The van der Waals surface area contributed by atoms with Gasteiger partial charge in [-0.05, 0) is 36.2 Å². The van der Waals surface area contributed by atoms with Gasteiger partial charge in [-0.2, -0.15) is 5.10 Å². The van der Waals surface area contributed by atoms with E-state index in [1.165, 1.54) is 7.11 Å². The average molecular weight is 404 g/mol. The van der Waals surface area contributed by atoms with Crippen LogP contribution in [0.4, 0.5) is 5.00 Å². The van der Waals surface area contributed by atoms with Gasteiger partial charge in [0.05, 0.1) is 35.3 Å². The molecule has 140 valence electrons. The standard InChI is InChI=1S/C19H18ClN3O3S/c1-11(2)17-14(10-21-23(17)13-6-4-5-12(20)9-13)18(24)22-16-8-7-15(27-16)19(25)26-3/h4-11H,1-3H3,(H,22,24). The van der Waals surface area contributed by atoms with Crippen molar-refractivity contribution in [2.24, 2.45) is 0 Å². The second-order valence-electron chi connectivity index (χ2n) is 6.10. The average Bonchev–Trinajstić information content (AvgIpc) is 3.28. The van der Waals surface area contributed by atoms with E-state index in [-0.39, 0.29) is 11.8 Å². The Balaban J connectivity index is 1.91. The normalized spacial score (nSPS) is 10.9. The van der Waals surface area contributed by atoms with Crippen molar-refractivity contribution >= 4 is 39.8 Å². The van der Waals surface area contributed by atoms with Crippen molar-refractivity contribution in [2.75, 3.05) is 12.4 Å². The predicted octanol–water partition coefficient (Wildman–Crippen LogP) is 4.75. The number of carbonyl (C=O) groups excluding carboxylic acids is 2. The summed E-state index contributed by atoms with van der Waals surface area (Å²) in [7, 11) is 1.32. The van der Waals surface area contributed by atoms with Gasteiger partial charge in [-0.3, -0.25) is 4.79 Å². The maximum Gasteiger partial charge on any atom is 0.348 e. The SMILES string of the molecule is COC(=O)c1ccc(NC(=O)c2cnn(-c3cccc(Cl)c3)c2C(C)C)s1. The van der Waals surface area contributed by atoms with E-state index < -0.39 is 5.97 Å². The van der Waals surface area contributed by atoms with Crippen molar-refractivity contribution in [3.05, 3.63) is 63.8 Å². The summed E-state index contributed by atoms with van der Waals surface area (Å²) in [6.45, 7) is 3.99. The van der Waals surface area contributed by atoms with E-state index in [2.05, 4.69) is 15.2 Å². The zero-order valence-corrected chi connectivity index (χ0v) is 16.6. The molecule has 1 aromatic carbocycles. The maximum atomic E-state index is 12.8. The molecule has 0 saturated heterocycles. The number of nitrogens with zero attached hydrogens (tertiary/aromatic N) is 2. The van der Waals surface area contributed by atoms with E-state index in [1.807, 2.05) is 26.0 Å². The Labute approximate surface area is 165 Å². The fourth-order valence-electron chi connectivity index (χ4n) is 2.70. The number of carbonyl (C=O) groups is 2. The van der Waals surface area contributed by atoms with E-state index >= 15 is 0 Å². The molecule has 0 atom stereocenters. The molecule has 1 amide bonds. The summed E-state index contributed by atoms with van der Waals surface area (Å²) in [5.41, 5.74) is 2.03. The van der Waals surface area contributed by atoms with Crippen LogP contribution >= 0.6 is 22.9 Å². The molecule has 0 saturated carbocycles. The van der Waals surface area contributed by atoms with Gasteiger partial charge in [0.1, 0.15) is 4.88 Å². The van der Waals surface area contributed by atoms with Crippen molar-refractivity contribution < 1.29 is 14.3 Å². The zero-order valence-electron chi connectivity index (χ0n) is 15.0. The minimum Gasteiger partial charge on any atom is -0.465 e. The number of ether oxygens (including phenoxy) is 1. The number of benzene rings is 1.